The van der Waals surface area contributed by atoms with Crippen LogP contribution in [0.25, 0.3) is 11.3 Å². The molecule has 2 heterocycles. The van der Waals surface area contributed by atoms with Gasteiger partial charge in [-0.25, -0.2) is 0 Å². The Labute approximate surface area is 192 Å². The SMILES string of the molecule is Cc1cccc(NC(=O)c2oc3c(c2C)-c2nn(Cc4cccc(Cl)c4)cc2CC3)c1C. The summed E-state index contributed by atoms with van der Waals surface area (Å²) in [6, 6.07) is 13.7. The van der Waals surface area contributed by atoms with Gasteiger partial charge in [-0.2, -0.15) is 5.10 Å². The lowest BCUT2D eigenvalue weighted by Gasteiger charge is -2.09. The number of anilines is 1. The number of nitrogens with zero attached hydrogens (tertiary/aromatic N) is 2. The number of carbonyl (C=O) groups excluding carboxylic acids is 1. The number of carbonyl (C=O) groups is 1. The van der Waals surface area contributed by atoms with Crippen LogP contribution >= 0.6 is 11.6 Å². The minimum absolute atomic E-state index is 0.231. The number of aromatic nitrogens is 2. The second-order valence-electron chi connectivity index (χ2n) is 8.39. The third kappa shape index (κ3) is 3.63. The highest BCUT2D eigenvalue weighted by Crippen LogP contribution is 2.38. The number of fused-ring (bicyclic) bond motifs is 3. The van der Waals surface area contributed by atoms with Crippen LogP contribution in [0.2, 0.25) is 5.02 Å². The van der Waals surface area contributed by atoms with Gasteiger partial charge < -0.3 is 9.73 Å². The van der Waals surface area contributed by atoms with Crippen molar-refractivity contribution in [2.75, 3.05) is 5.32 Å². The Balaban J connectivity index is 1.45. The van der Waals surface area contributed by atoms with Gasteiger partial charge in [0.15, 0.2) is 5.76 Å². The molecule has 0 spiro atoms. The van der Waals surface area contributed by atoms with Gasteiger partial charge in [-0.15, -0.1) is 0 Å². The third-order valence-electron chi connectivity index (χ3n) is 6.21. The van der Waals surface area contributed by atoms with E-state index in [1.54, 1.807) is 0 Å². The summed E-state index contributed by atoms with van der Waals surface area (Å²) in [5, 5.41) is 8.57. The number of rotatable bonds is 4. The van der Waals surface area contributed by atoms with E-state index in [0.717, 1.165) is 57.8 Å². The Bertz CT molecular complexity index is 1350. The highest BCUT2D eigenvalue weighted by Gasteiger charge is 2.30. The predicted molar refractivity (Wildman–Crippen MR) is 126 cm³/mol. The molecule has 0 saturated heterocycles. The van der Waals surface area contributed by atoms with Crippen molar-refractivity contribution in [3.63, 3.8) is 0 Å². The van der Waals surface area contributed by atoms with Crippen LogP contribution < -0.4 is 5.32 Å². The maximum atomic E-state index is 13.1. The normalized spacial score (nSPS) is 12.4. The monoisotopic (exact) mass is 445 g/mol. The lowest BCUT2D eigenvalue weighted by molar-refractivity contribution is 0.0994. The lowest BCUT2D eigenvalue weighted by Crippen LogP contribution is -2.13. The van der Waals surface area contributed by atoms with Crippen LogP contribution in [0.5, 0.6) is 0 Å². The molecule has 0 atom stereocenters. The van der Waals surface area contributed by atoms with Crippen molar-refractivity contribution in [3.05, 3.63) is 93.0 Å². The van der Waals surface area contributed by atoms with Crippen molar-refractivity contribution in [2.45, 2.75) is 40.2 Å². The third-order valence-corrected chi connectivity index (χ3v) is 6.44. The summed E-state index contributed by atoms with van der Waals surface area (Å²) in [7, 11) is 0. The highest BCUT2D eigenvalue weighted by atomic mass is 35.5. The maximum Gasteiger partial charge on any atom is 0.291 e. The zero-order chi connectivity index (χ0) is 22.4. The number of aryl methyl sites for hydroxylation is 3. The molecule has 0 saturated carbocycles. The number of hydrogen-bond donors (Lipinski definition) is 1. The van der Waals surface area contributed by atoms with E-state index in [1.165, 1.54) is 5.56 Å². The number of halogens is 1. The molecule has 4 aromatic rings. The molecule has 0 unspecified atom stereocenters. The Hall–Kier alpha value is -3.31. The molecule has 0 aliphatic heterocycles. The van der Waals surface area contributed by atoms with Crippen LogP contribution in [0.3, 0.4) is 0 Å². The van der Waals surface area contributed by atoms with Gasteiger partial charge in [0.05, 0.1) is 12.2 Å². The molecule has 0 fully saturated rings. The summed E-state index contributed by atoms with van der Waals surface area (Å²) < 4.78 is 8.00. The molecule has 0 radical (unpaired) electrons. The van der Waals surface area contributed by atoms with Gasteiger partial charge in [-0.3, -0.25) is 9.48 Å². The smallest absolute Gasteiger partial charge is 0.291 e. The summed E-state index contributed by atoms with van der Waals surface area (Å²) in [4.78, 5) is 13.1. The van der Waals surface area contributed by atoms with Crippen LogP contribution in [0, 0.1) is 20.8 Å². The zero-order valence-electron chi connectivity index (χ0n) is 18.3. The summed E-state index contributed by atoms with van der Waals surface area (Å²) in [5.74, 6) is 0.952. The number of furan rings is 1. The predicted octanol–water partition coefficient (Wildman–Crippen LogP) is 6.12. The second kappa shape index (κ2) is 7.99. The van der Waals surface area contributed by atoms with Crippen molar-refractivity contribution >= 4 is 23.2 Å². The first-order chi connectivity index (χ1) is 15.4. The first-order valence-electron chi connectivity index (χ1n) is 10.7. The summed E-state index contributed by atoms with van der Waals surface area (Å²) in [6.07, 6.45) is 3.67. The van der Waals surface area contributed by atoms with Gasteiger partial charge in [-0.05, 0) is 67.6 Å². The van der Waals surface area contributed by atoms with E-state index in [9.17, 15) is 4.79 Å². The maximum absolute atomic E-state index is 13.1. The van der Waals surface area contributed by atoms with E-state index in [0.29, 0.717) is 17.3 Å². The van der Waals surface area contributed by atoms with Crippen LogP contribution in [0.1, 0.15) is 44.1 Å². The fourth-order valence-corrected chi connectivity index (χ4v) is 4.56. The van der Waals surface area contributed by atoms with Gasteiger partial charge in [-0.1, -0.05) is 35.9 Å². The average Bonchev–Trinajstić information content (AvgIpc) is 3.31. The minimum Gasteiger partial charge on any atom is -0.455 e. The first kappa shape index (κ1) is 20.6. The number of hydrogen-bond acceptors (Lipinski definition) is 3. The van der Waals surface area contributed by atoms with Gasteiger partial charge >= 0.3 is 0 Å². The van der Waals surface area contributed by atoms with Crippen molar-refractivity contribution in [2.24, 2.45) is 0 Å². The molecule has 5 nitrogen and oxygen atoms in total. The summed E-state index contributed by atoms with van der Waals surface area (Å²) in [5.41, 5.74) is 7.93. The molecule has 2 aromatic heterocycles. The van der Waals surface area contributed by atoms with E-state index in [2.05, 4.69) is 11.5 Å². The van der Waals surface area contributed by atoms with E-state index in [-0.39, 0.29) is 5.91 Å². The average molecular weight is 446 g/mol. The van der Waals surface area contributed by atoms with Gasteiger partial charge in [0.2, 0.25) is 0 Å². The van der Waals surface area contributed by atoms with E-state index in [4.69, 9.17) is 21.1 Å². The number of nitrogens with one attached hydrogen (secondary N) is 1. The van der Waals surface area contributed by atoms with Crippen molar-refractivity contribution in [3.8, 4) is 11.3 Å². The minimum atomic E-state index is -0.231. The molecule has 5 rings (SSSR count). The van der Waals surface area contributed by atoms with Crippen LogP contribution in [0.15, 0.2) is 53.1 Å². The Morgan fingerprint density at radius 3 is 2.75 bits per heavy atom. The fraction of sp³-hybridized carbons (Fsp3) is 0.231. The van der Waals surface area contributed by atoms with Crippen LogP contribution in [-0.2, 0) is 19.4 Å². The molecule has 1 aliphatic carbocycles. The van der Waals surface area contributed by atoms with Crippen LogP contribution in [-0.4, -0.2) is 15.7 Å². The first-order valence-corrected chi connectivity index (χ1v) is 11.1. The van der Waals surface area contributed by atoms with Crippen molar-refractivity contribution < 1.29 is 9.21 Å². The molecule has 6 heteroatoms. The molecule has 0 bridgehead atoms. The van der Waals surface area contributed by atoms with E-state index < -0.39 is 0 Å². The zero-order valence-corrected chi connectivity index (χ0v) is 19.1. The van der Waals surface area contributed by atoms with E-state index in [1.807, 2.05) is 67.9 Å². The molecular weight excluding hydrogens is 422 g/mol. The van der Waals surface area contributed by atoms with E-state index >= 15 is 0 Å². The van der Waals surface area contributed by atoms with Crippen LogP contribution in [0.4, 0.5) is 5.69 Å². The molecule has 162 valence electrons. The molecule has 1 N–H and O–H groups in total. The molecule has 2 aromatic carbocycles. The quantitative estimate of drug-likeness (QED) is 0.411. The van der Waals surface area contributed by atoms with Gasteiger partial charge in [0.25, 0.3) is 5.91 Å². The van der Waals surface area contributed by atoms with Gasteiger partial charge in [0, 0.05) is 34.5 Å². The van der Waals surface area contributed by atoms with Crippen molar-refractivity contribution in [1.29, 1.82) is 0 Å². The topological polar surface area (TPSA) is 60.1 Å². The summed E-state index contributed by atoms with van der Waals surface area (Å²) in [6.45, 7) is 6.61. The number of benzene rings is 2. The molecule has 1 aliphatic rings. The summed E-state index contributed by atoms with van der Waals surface area (Å²) >= 11 is 6.13. The van der Waals surface area contributed by atoms with Crippen molar-refractivity contribution in [1.82, 2.24) is 9.78 Å². The fourth-order valence-electron chi connectivity index (χ4n) is 4.35. The number of amides is 1. The largest absolute Gasteiger partial charge is 0.455 e. The Morgan fingerprint density at radius 2 is 1.94 bits per heavy atom. The second-order valence-corrected chi connectivity index (χ2v) is 8.82. The lowest BCUT2D eigenvalue weighted by atomic mass is 9.93. The molecule has 1 amide bonds. The molecular formula is C26H24ClN3O2. The highest BCUT2D eigenvalue weighted by molar-refractivity contribution is 6.30. The Morgan fingerprint density at radius 1 is 1.12 bits per heavy atom. The Kier molecular flexibility index (Phi) is 5.14. The standard InChI is InChI=1S/C26H24ClN3O2/c1-15-6-4-9-21(16(15)2)28-26(31)25-17(3)23-22(32-25)11-10-19-14-30(29-24(19)23)13-18-7-5-8-20(27)12-18/h4-9,12,14H,10-11,13H2,1-3H3,(H,28,31). The molecule has 32 heavy (non-hydrogen) atoms. The van der Waals surface area contributed by atoms with Gasteiger partial charge in [0.1, 0.15) is 5.76 Å².